The van der Waals surface area contributed by atoms with Crippen molar-refractivity contribution >= 4 is 29.8 Å². The lowest BCUT2D eigenvalue weighted by atomic mass is 9.97. The van der Waals surface area contributed by atoms with Gasteiger partial charge in [0.15, 0.2) is 0 Å². The van der Waals surface area contributed by atoms with E-state index < -0.39 is 47.5 Å². The van der Waals surface area contributed by atoms with Crippen molar-refractivity contribution in [1.82, 2.24) is 15.5 Å². The number of carbonyl (C=O) groups is 5. The number of nitrogens with two attached hydrogens (primary N) is 1. The molecule has 11 heteroatoms. The molecule has 4 amide bonds. The zero-order valence-electron chi connectivity index (χ0n) is 25.6. The summed E-state index contributed by atoms with van der Waals surface area (Å²) in [6.07, 6.45) is 1.22. The molecule has 0 radical (unpaired) electrons. The molecule has 0 heterocycles. The third-order valence-corrected chi connectivity index (χ3v) is 6.01. The first-order valence-electron chi connectivity index (χ1n) is 14.3. The highest BCUT2D eigenvalue weighted by Crippen LogP contribution is 2.26. The number of hydrogen-bond acceptors (Lipinski definition) is 7. The molecule has 11 nitrogen and oxygen atoms in total. The van der Waals surface area contributed by atoms with Crippen molar-refractivity contribution in [1.29, 1.82) is 0 Å². The Labute approximate surface area is 243 Å². The topological polar surface area (TPSA) is 157 Å². The number of primary amides is 1. The molecule has 41 heavy (non-hydrogen) atoms. The van der Waals surface area contributed by atoms with Crippen molar-refractivity contribution in [3.8, 4) is 0 Å². The Morgan fingerprint density at radius 1 is 0.976 bits per heavy atom. The van der Waals surface area contributed by atoms with E-state index in [2.05, 4.69) is 10.6 Å². The van der Waals surface area contributed by atoms with Crippen LogP contribution in [0.4, 0.5) is 4.79 Å². The number of nitrogens with one attached hydrogen (secondary N) is 2. The van der Waals surface area contributed by atoms with E-state index in [1.807, 2.05) is 39.0 Å². The fourth-order valence-electron chi connectivity index (χ4n) is 4.35. The minimum Gasteiger partial charge on any atom is -0.466 e. The van der Waals surface area contributed by atoms with Crippen LogP contribution in [0.5, 0.6) is 0 Å². The highest BCUT2D eigenvalue weighted by atomic mass is 16.6. The number of amides is 4. The van der Waals surface area contributed by atoms with Crippen LogP contribution >= 0.6 is 0 Å². The van der Waals surface area contributed by atoms with Gasteiger partial charge in [-0.25, -0.2) is 4.79 Å². The molecule has 1 aromatic rings. The standard InChI is InChI=1S/C30H48N4O7/c1-8-10-11-16-34(28(38)23(12-13-24(31)35)33-29(39)41-30(5,6)7)26(22-18-20(3)17-21(4)19-22)27(37)32-15-14-25(36)40-9-2/h17-19,23,26H,8-16H2,1-7H3,(H2,31,35)(H,32,37)(H,33,39). The Kier molecular flexibility index (Phi) is 14.9. The van der Waals surface area contributed by atoms with Crippen LogP contribution in [0.15, 0.2) is 18.2 Å². The molecular formula is C30H48N4O7. The van der Waals surface area contributed by atoms with Gasteiger partial charge in [-0.15, -0.1) is 0 Å². The van der Waals surface area contributed by atoms with Gasteiger partial charge in [0.25, 0.3) is 0 Å². The Morgan fingerprint density at radius 3 is 2.15 bits per heavy atom. The second-order valence-electron chi connectivity index (χ2n) is 11.1. The Hall–Kier alpha value is -3.63. The third kappa shape index (κ3) is 13.5. The van der Waals surface area contributed by atoms with Gasteiger partial charge in [0.1, 0.15) is 17.7 Å². The molecule has 2 unspecified atom stereocenters. The Bertz CT molecular complexity index is 1030. The molecule has 0 saturated heterocycles. The van der Waals surface area contributed by atoms with Crippen LogP contribution in [0.2, 0.25) is 0 Å². The number of benzene rings is 1. The van der Waals surface area contributed by atoms with Gasteiger partial charge in [0.2, 0.25) is 17.7 Å². The second-order valence-corrected chi connectivity index (χ2v) is 11.1. The van der Waals surface area contributed by atoms with E-state index in [0.717, 1.165) is 24.0 Å². The van der Waals surface area contributed by atoms with Crippen LogP contribution in [0.1, 0.15) is 95.9 Å². The number of hydrogen-bond donors (Lipinski definition) is 3. The number of alkyl carbamates (subject to hydrolysis) is 1. The summed E-state index contributed by atoms with van der Waals surface area (Å²) >= 11 is 0. The second kappa shape index (κ2) is 17.2. The van der Waals surface area contributed by atoms with Crippen molar-refractivity contribution in [2.75, 3.05) is 19.7 Å². The lowest BCUT2D eigenvalue weighted by Gasteiger charge is -2.35. The monoisotopic (exact) mass is 576 g/mol. The van der Waals surface area contributed by atoms with Gasteiger partial charge in [0, 0.05) is 19.5 Å². The van der Waals surface area contributed by atoms with Gasteiger partial charge in [-0.3, -0.25) is 19.2 Å². The molecule has 0 aliphatic rings. The van der Waals surface area contributed by atoms with E-state index in [0.29, 0.717) is 12.0 Å². The number of nitrogens with zero attached hydrogens (tertiary/aromatic N) is 1. The summed E-state index contributed by atoms with van der Waals surface area (Å²) in [7, 11) is 0. The van der Waals surface area contributed by atoms with Crippen LogP contribution in [-0.2, 0) is 28.7 Å². The predicted octanol–water partition coefficient (Wildman–Crippen LogP) is 3.59. The van der Waals surface area contributed by atoms with Gasteiger partial charge in [-0.1, -0.05) is 49.1 Å². The van der Waals surface area contributed by atoms with Gasteiger partial charge in [0.05, 0.1) is 13.0 Å². The average Bonchev–Trinajstić information content (AvgIpc) is 2.84. The molecule has 1 rings (SSSR count). The number of aryl methyl sites for hydroxylation is 2. The fraction of sp³-hybridized carbons (Fsp3) is 0.633. The molecule has 230 valence electrons. The van der Waals surface area contributed by atoms with E-state index in [9.17, 15) is 24.0 Å². The SMILES string of the molecule is CCCCCN(C(=O)C(CCC(N)=O)NC(=O)OC(C)(C)C)C(C(=O)NCCC(=O)OCC)c1cc(C)cc(C)c1. The summed E-state index contributed by atoms with van der Waals surface area (Å²) in [5.74, 6) is -2.10. The van der Waals surface area contributed by atoms with Crippen LogP contribution < -0.4 is 16.4 Å². The average molecular weight is 577 g/mol. The quantitative estimate of drug-likeness (QED) is 0.200. The van der Waals surface area contributed by atoms with Crippen molar-refractivity contribution in [2.45, 2.75) is 105 Å². The van der Waals surface area contributed by atoms with Crippen LogP contribution in [-0.4, -0.2) is 66.0 Å². The first kappa shape index (κ1) is 35.4. The van der Waals surface area contributed by atoms with Gasteiger partial charge < -0.3 is 30.7 Å². The summed E-state index contributed by atoms with van der Waals surface area (Å²) in [6, 6.07) is 3.41. The molecule has 0 aliphatic carbocycles. The number of esters is 1. The summed E-state index contributed by atoms with van der Waals surface area (Å²) < 4.78 is 10.3. The van der Waals surface area contributed by atoms with E-state index in [1.54, 1.807) is 27.7 Å². The minimum absolute atomic E-state index is 0.0234. The van der Waals surface area contributed by atoms with Crippen molar-refractivity contribution in [3.63, 3.8) is 0 Å². The van der Waals surface area contributed by atoms with E-state index in [-0.39, 0.29) is 39.0 Å². The van der Waals surface area contributed by atoms with Gasteiger partial charge >= 0.3 is 12.1 Å². The molecule has 0 aromatic heterocycles. The van der Waals surface area contributed by atoms with Crippen molar-refractivity contribution in [3.05, 3.63) is 34.9 Å². The molecule has 0 fully saturated rings. The summed E-state index contributed by atoms with van der Waals surface area (Å²) in [5, 5.41) is 5.36. The largest absolute Gasteiger partial charge is 0.466 e. The number of rotatable bonds is 16. The maximum absolute atomic E-state index is 14.2. The highest BCUT2D eigenvalue weighted by Gasteiger charge is 2.36. The molecule has 4 N–H and O–H groups in total. The molecule has 0 spiro atoms. The highest BCUT2D eigenvalue weighted by molar-refractivity contribution is 5.92. The van der Waals surface area contributed by atoms with Crippen LogP contribution in [0, 0.1) is 13.8 Å². The van der Waals surface area contributed by atoms with Crippen LogP contribution in [0.25, 0.3) is 0 Å². The predicted molar refractivity (Wildman–Crippen MR) is 156 cm³/mol. The molecule has 0 bridgehead atoms. The molecule has 2 atom stereocenters. The first-order valence-corrected chi connectivity index (χ1v) is 14.3. The van der Waals surface area contributed by atoms with Crippen molar-refractivity contribution < 1.29 is 33.4 Å². The zero-order chi connectivity index (χ0) is 31.2. The molecule has 0 saturated carbocycles. The first-order chi connectivity index (χ1) is 19.2. The Balaban J connectivity index is 3.52. The molecule has 1 aromatic carbocycles. The summed E-state index contributed by atoms with van der Waals surface area (Å²) in [6.45, 7) is 13.1. The van der Waals surface area contributed by atoms with E-state index >= 15 is 0 Å². The number of carbonyl (C=O) groups excluding carboxylic acids is 5. The van der Waals surface area contributed by atoms with Gasteiger partial charge in [-0.05, 0) is 59.9 Å². The van der Waals surface area contributed by atoms with Gasteiger partial charge in [-0.2, -0.15) is 0 Å². The maximum atomic E-state index is 14.2. The van der Waals surface area contributed by atoms with Crippen molar-refractivity contribution in [2.24, 2.45) is 5.73 Å². The lowest BCUT2D eigenvalue weighted by Crippen LogP contribution is -2.53. The summed E-state index contributed by atoms with van der Waals surface area (Å²) in [4.78, 5) is 65.5. The zero-order valence-corrected chi connectivity index (χ0v) is 25.6. The smallest absolute Gasteiger partial charge is 0.408 e. The fourth-order valence-corrected chi connectivity index (χ4v) is 4.35. The third-order valence-electron chi connectivity index (χ3n) is 6.01. The maximum Gasteiger partial charge on any atom is 0.408 e. The minimum atomic E-state index is -1.17. The molecular weight excluding hydrogens is 528 g/mol. The van der Waals surface area contributed by atoms with E-state index in [4.69, 9.17) is 15.2 Å². The Morgan fingerprint density at radius 2 is 1.61 bits per heavy atom. The normalized spacial score (nSPS) is 12.6. The van der Waals surface area contributed by atoms with Crippen LogP contribution in [0.3, 0.4) is 0 Å². The number of ether oxygens (including phenoxy) is 2. The summed E-state index contributed by atoms with van der Waals surface area (Å²) in [5.41, 5.74) is 6.95. The number of unbranched alkanes of at least 4 members (excludes halogenated alkanes) is 2. The molecule has 0 aliphatic heterocycles. The lowest BCUT2D eigenvalue weighted by molar-refractivity contribution is -0.144. The van der Waals surface area contributed by atoms with E-state index in [1.165, 1.54) is 4.90 Å².